The number of carbonyl (C=O) groups excluding carboxylic acids is 1. The summed E-state index contributed by atoms with van der Waals surface area (Å²) in [6, 6.07) is 9.19. The normalized spacial score (nSPS) is 16.9. The van der Waals surface area contributed by atoms with Crippen LogP contribution in [0.1, 0.15) is 43.4 Å². The first kappa shape index (κ1) is 15.4. The molecule has 7 heteroatoms. The van der Waals surface area contributed by atoms with Crippen molar-refractivity contribution in [3.8, 4) is 0 Å². The number of benzene rings is 1. The van der Waals surface area contributed by atoms with Gasteiger partial charge in [0.15, 0.2) is 0 Å². The van der Waals surface area contributed by atoms with Crippen LogP contribution in [0.5, 0.6) is 0 Å². The molecule has 0 radical (unpaired) electrons. The summed E-state index contributed by atoms with van der Waals surface area (Å²) in [5.74, 6) is -0.326. The quantitative estimate of drug-likeness (QED) is 0.667. The van der Waals surface area contributed by atoms with Crippen LogP contribution in [0.15, 0.2) is 39.9 Å². The summed E-state index contributed by atoms with van der Waals surface area (Å²) in [6.45, 7) is 3.82. The molecule has 0 saturated heterocycles. The molecule has 1 aliphatic heterocycles. The monoisotopic (exact) mass is 338 g/mol. The van der Waals surface area contributed by atoms with Gasteiger partial charge >= 0.3 is 0 Å². The van der Waals surface area contributed by atoms with Crippen molar-refractivity contribution in [1.82, 2.24) is 14.8 Å². The van der Waals surface area contributed by atoms with Gasteiger partial charge in [0.05, 0.1) is 5.56 Å². The Hall–Kier alpha value is -3.09. The van der Waals surface area contributed by atoms with Gasteiger partial charge in [0.1, 0.15) is 5.82 Å². The Labute approximate surface area is 142 Å². The van der Waals surface area contributed by atoms with E-state index < -0.39 is 5.92 Å². The second-order valence-electron chi connectivity index (χ2n) is 6.61. The van der Waals surface area contributed by atoms with Gasteiger partial charge in [-0.25, -0.2) is 0 Å². The van der Waals surface area contributed by atoms with E-state index in [-0.39, 0.29) is 29.5 Å². The molecular weight excluding hydrogens is 320 g/mol. The summed E-state index contributed by atoms with van der Waals surface area (Å²) in [5, 5.41) is 6.40. The molecule has 1 atom stereocenters. The lowest BCUT2D eigenvalue weighted by Gasteiger charge is -2.23. The maximum Gasteiger partial charge on any atom is 0.270 e. The minimum atomic E-state index is -0.569. The van der Waals surface area contributed by atoms with E-state index in [4.69, 9.17) is 0 Å². The molecule has 3 aromatic rings. The number of H-pyrrole nitrogens is 2. The molecule has 0 aliphatic carbocycles. The third-order valence-corrected chi connectivity index (χ3v) is 4.63. The standard InChI is InChI=1S/C18H18N4O3/c1-9(2)22-16-15(18(25)21-22)11(8-14(23)20-16)12-7-10-5-3-4-6-13(10)19-17(12)24/h3-7,9,11H,8H2,1-2H3,(H,19,24)(H,20,23)(H,21,25)/t11-/m0/s1. The van der Waals surface area contributed by atoms with Crippen molar-refractivity contribution < 1.29 is 4.79 Å². The first-order chi connectivity index (χ1) is 12.0. The molecule has 2 aromatic heterocycles. The highest BCUT2D eigenvalue weighted by atomic mass is 16.2. The number of pyridine rings is 1. The number of fused-ring (bicyclic) bond motifs is 2. The fourth-order valence-corrected chi connectivity index (χ4v) is 3.46. The van der Waals surface area contributed by atoms with Crippen LogP contribution in [0, 0.1) is 0 Å². The first-order valence-electron chi connectivity index (χ1n) is 8.22. The topological polar surface area (TPSA) is 99.8 Å². The van der Waals surface area contributed by atoms with Crippen molar-refractivity contribution >= 4 is 22.6 Å². The summed E-state index contributed by atoms with van der Waals surface area (Å²) in [4.78, 5) is 40.2. The second kappa shape index (κ2) is 5.47. The SMILES string of the molecule is CC(C)n1[nH]c(=O)c2c1NC(=O)C[C@H]2c1cc2ccccc2[nH]c1=O. The zero-order chi connectivity index (χ0) is 17.7. The Morgan fingerprint density at radius 3 is 2.64 bits per heavy atom. The Morgan fingerprint density at radius 1 is 1.12 bits per heavy atom. The van der Waals surface area contributed by atoms with Gasteiger partial charge in [-0.1, -0.05) is 18.2 Å². The van der Waals surface area contributed by atoms with Crippen molar-refractivity contribution in [2.75, 3.05) is 5.32 Å². The number of nitrogens with zero attached hydrogens (tertiary/aromatic N) is 1. The summed E-state index contributed by atoms with van der Waals surface area (Å²) >= 11 is 0. The highest BCUT2D eigenvalue weighted by molar-refractivity contribution is 5.94. The van der Waals surface area contributed by atoms with Gasteiger partial charge in [0.2, 0.25) is 5.91 Å². The van der Waals surface area contributed by atoms with Crippen LogP contribution >= 0.6 is 0 Å². The molecule has 0 unspecified atom stereocenters. The fraction of sp³-hybridized carbons (Fsp3) is 0.278. The van der Waals surface area contributed by atoms with Crippen molar-refractivity contribution in [2.24, 2.45) is 0 Å². The Balaban J connectivity index is 1.96. The number of para-hydroxylation sites is 1. The van der Waals surface area contributed by atoms with Crippen LogP contribution < -0.4 is 16.4 Å². The number of carbonyl (C=O) groups is 1. The smallest absolute Gasteiger partial charge is 0.270 e. The summed E-state index contributed by atoms with van der Waals surface area (Å²) < 4.78 is 1.64. The molecule has 25 heavy (non-hydrogen) atoms. The molecule has 1 amide bonds. The zero-order valence-corrected chi connectivity index (χ0v) is 13.9. The molecule has 0 fully saturated rings. The van der Waals surface area contributed by atoms with E-state index >= 15 is 0 Å². The van der Waals surface area contributed by atoms with Crippen molar-refractivity contribution in [3.63, 3.8) is 0 Å². The number of rotatable bonds is 2. The molecule has 128 valence electrons. The minimum Gasteiger partial charge on any atom is -0.322 e. The number of hydrogen-bond acceptors (Lipinski definition) is 3. The lowest BCUT2D eigenvalue weighted by atomic mass is 9.87. The molecular formula is C18H18N4O3. The molecule has 7 nitrogen and oxygen atoms in total. The molecule has 3 N–H and O–H groups in total. The van der Waals surface area contributed by atoms with Gasteiger partial charge in [-0.05, 0) is 31.4 Å². The Morgan fingerprint density at radius 2 is 1.88 bits per heavy atom. The number of hydrogen-bond donors (Lipinski definition) is 3. The highest BCUT2D eigenvalue weighted by Gasteiger charge is 2.34. The molecule has 0 saturated carbocycles. The van der Waals surface area contributed by atoms with Crippen LogP contribution in [-0.4, -0.2) is 20.7 Å². The fourth-order valence-electron chi connectivity index (χ4n) is 3.46. The molecule has 0 spiro atoms. The molecule has 1 aromatic carbocycles. The average Bonchev–Trinajstić information content (AvgIpc) is 2.90. The first-order valence-corrected chi connectivity index (χ1v) is 8.22. The van der Waals surface area contributed by atoms with Gasteiger partial charge in [0.25, 0.3) is 11.1 Å². The number of aromatic nitrogens is 3. The van der Waals surface area contributed by atoms with E-state index in [9.17, 15) is 14.4 Å². The largest absolute Gasteiger partial charge is 0.322 e. The molecule has 3 heterocycles. The van der Waals surface area contributed by atoms with E-state index in [2.05, 4.69) is 15.4 Å². The Bertz CT molecular complexity index is 1100. The number of nitrogens with one attached hydrogen (secondary N) is 3. The van der Waals surface area contributed by atoms with E-state index in [1.807, 2.05) is 38.1 Å². The zero-order valence-electron chi connectivity index (χ0n) is 13.9. The van der Waals surface area contributed by atoms with E-state index in [0.29, 0.717) is 16.9 Å². The van der Waals surface area contributed by atoms with Gasteiger partial charge in [-0.2, -0.15) is 0 Å². The Kier molecular flexibility index (Phi) is 3.38. The van der Waals surface area contributed by atoms with Crippen molar-refractivity contribution in [2.45, 2.75) is 32.2 Å². The van der Waals surface area contributed by atoms with Crippen LogP contribution in [0.2, 0.25) is 0 Å². The predicted octanol–water partition coefficient (Wildman–Crippen LogP) is 2.07. The molecule has 4 rings (SSSR count). The highest BCUT2D eigenvalue weighted by Crippen LogP contribution is 2.35. The second-order valence-corrected chi connectivity index (χ2v) is 6.61. The number of amides is 1. The van der Waals surface area contributed by atoms with E-state index in [1.54, 1.807) is 10.7 Å². The summed E-state index contributed by atoms with van der Waals surface area (Å²) in [7, 11) is 0. The maximum atomic E-state index is 12.6. The number of aromatic amines is 2. The van der Waals surface area contributed by atoms with Gasteiger partial charge < -0.3 is 10.3 Å². The lowest BCUT2D eigenvalue weighted by Crippen LogP contribution is -2.30. The third-order valence-electron chi connectivity index (χ3n) is 4.63. The average molecular weight is 338 g/mol. The molecule has 0 bridgehead atoms. The van der Waals surface area contributed by atoms with Crippen LogP contribution in [0.4, 0.5) is 5.82 Å². The van der Waals surface area contributed by atoms with Crippen LogP contribution in [0.3, 0.4) is 0 Å². The van der Waals surface area contributed by atoms with Gasteiger partial charge in [0, 0.05) is 29.5 Å². The summed E-state index contributed by atoms with van der Waals surface area (Å²) in [6.07, 6.45) is 0.0691. The van der Waals surface area contributed by atoms with E-state index in [1.165, 1.54) is 0 Å². The summed E-state index contributed by atoms with van der Waals surface area (Å²) in [5.41, 5.74) is 1.04. The van der Waals surface area contributed by atoms with Crippen molar-refractivity contribution in [1.29, 1.82) is 0 Å². The predicted molar refractivity (Wildman–Crippen MR) is 95.1 cm³/mol. The lowest BCUT2D eigenvalue weighted by molar-refractivity contribution is -0.116. The van der Waals surface area contributed by atoms with Gasteiger partial charge in [-0.3, -0.25) is 24.2 Å². The van der Waals surface area contributed by atoms with E-state index in [0.717, 1.165) is 10.9 Å². The third kappa shape index (κ3) is 2.39. The van der Waals surface area contributed by atoms with Crippen LogP contribution in [0.25, 0.3) is 10.9 Å². The minimum absolute atomic E-state index is 0.0228. The van der Waals surface area contributed by atoms with Crippen LogP contribution in [-0.2, 0) is 4.79 Å². The number of anilines is 1. The molecule has 1 aliphatic rings. The maximum absolute atomic E-state index is 12.6. The van der Waals surface area contributed by atoms with Crippen molar-refractivity contribution in [3.05, 3.63) is 62.2 Å². The van der Waals surface area contributed by atoms with Gasteiger partial charge in [-0.15, -0.1) is 0 Å².